The molecular weight excluding hydrogens is 408 g/mol. The van der Waals surface area contributed by atoms with Crippen LogP contribution in [0.5, 0.6) is 0 Å². The average molecular weight is 445 g/mol. The number of hydrogen-bond acceptors (Lipinski definition) is 6. The lowest BCUT2D eigenvalue weighted by Gasteiger charge is -2.55. The van der Waals surface area contributed by atoms with Crippen molar-refractivity contribution >= 4 is 11.6 Å². The molecular formula is C26H36O6. The number of aliphatic hydroxyl groups is 1. The molecule has 9 atom stereocenters. The summed E-state index contributed by atoms with van der Waals surface area (Å²) in [5, 5.41) is 12.0. The molecule has 32 heavy (non-hydrogen) atoms. The van der Waals surface area contributed by atoms with Gasteiger partial charge in [0.15, 0.2) is 17.9 Å². The van der Waals surface area contributed by atoms with Gasteiger partial charge in [-0.3, -0.25) is 9.59 Å². The number of allylic oxidation sites excluding steroid dienone is 2. The molecule has 0 bridgehead atoms. The first-order chi connectivity index (χ1) is 15.0. The second-order valence-electron chi connectivity index (χ2n) is 11.0. The number of fused-ring (bicyclic) bond motifs is 3. The summed E-state index contributed by atoms with van der Waals surface area (Å²) in [7, 11) is 0. The van der Waals surface area contributed by atoms with Gasteiger partial charge in [0.1, 0.15) is 17.8 Å². The van der Waals surface area contributed by atoms with Crippen LogP contribution >= 0.6 is 0 Å². The molecule has 176 valence electrons. The van der Waals surface area contributed by atoms with Crippen LogP contribution in [0.2, 0.25) is 0 Å². The zero-order valence-electron chi connectivity index (χ0n) is 19.8. The summed E-state index contributed by atoms with van der Waals surface area (Å²) < 4.78 is 17.6. The Balaban J connectivity index is 1.45. The monoisotopic (exact) mass is 444 g/mol. The van der Waals surface area contributed by atoms with E-state index in [2.05, 4.69) is 19.9 Å². The van der Waals surface area contributed by atoms with E-state index in [4.69, 9.17) is 14.2 Å². The van der Waals surface area contributed by atoms with Crippen LogP contribution in [0.1, 0.15) is 60.3 Å². The number of carbonyl (C=O) groups excluding carboxylic acids is 2. The first-order valence-electron chi connectivity index (χ1n) is 12.2. The molecule has 6 nitrogen and oxygen atoms in total. The highest BCUT2D eigenvalue weighted by Crippen LogP contribution is 2.76. The lowest BCUT2D eigenvalue weighted by molar-refractivity contribution is -0.180. The zero-order chi connectivity index (χ0) is 23.1. The highest BCUT2D eigenvalue weighted by molar-refractivity contribution is 6.01. The topological polar surface area (TPSA) is 85.4 Å². The van der Waals surface area contributed by atoms with Gasteiger partial charge in [0.2, 0.25) is 0 Å². The molecule has 1 N–H and O–H groups in total. The molecule has 1 heterocycles. The first-order valence-corrected chi connectivity index (χ1v) is 12.2. The Morgan fingerprint density at radius 1 is 1.31 bits per heavy atom. The lowest BCUT2D eigenvalue weighted by atomic mass is 9.46. The second kappa shape index (κ2) is 7.08. The van der Waals surface area contributed by atoms with Gasteiger partial charge in [-0.25, -0.2) is 0 Å². The van der Waals surface area contributed by atoms with E-state index in [1.807, 2.05) is 13.8 Å². The molecule has 0 aromatic heterocycles. The third-order valence-electron chi connectivity index (χ3n) is 9.79. The molecule has 4 fully saturated rings. The summed E-state index contributed by atoms with van der Waals surface area (Å²) in [5.74, 6) is 0.0814. The number of ketones is 2. The molecule has 5 rings (SSSR count). The van der Waals surface area contributed by atoms with Gasteiger partial charge in [-0.1, -0.05) is 25.5 Å². The molecule has 0 amide bonds. The Morgan fingerprint density at radius 3 is 2.78 bits per heavy atom. The Morgan fingerprint density at radius 2 is 2.06 bits per heavy atom. The molecule has 0 radical (unpaired) electrons. The number of ether oxygens (including phenoxy) is 3. The maximum Gasteiger partial charge on any atom is 0.190 e. The van der Waals surface area contributed by atoms with E-state index >= 15 is 0 Å². The molecule has 1 saturated heterocycles. The number of epoxide rings is 1. The van der Waals surface area contributed by atoms with Crippen molar-refractivity contribution in [1.82, 2.24) is 0 Å². The molecule has 0 aromatic rings. The predicted molar refractivity (Wildman–Crippen MR) is 118 cm³/mol. The average Bonchev–Trinajstić information content (AvgIpc) is 3.42. The predicted octanol–water partition coefficient (Wildman–Crippen LogP) is 3.37. The van der Waals surface area contributed by atoms with Crippen LogP contribution in [0.4, 0.5) is 0 Å². The van der Waals surface area contributed by atoms with E-state index in [1.165, 1.54) is 5.57 Å². The second-order valence-corrected chi connectivity index (χ2v) is 11.0. The fourth-order valence-corrected chi connectivity index (χ4v) is 8.16. The first kappa shape index (κ1) is 22.5. The van der Waals surface area contributed by atoms with Crippen molar-refractivity contribution in [2.45, 2.75) is 83.9 Å². The standard InChI is InChI=1S/C26H36O6/c1-6-30-16(3)31-14-21(28)25(29)15(2)11-20-19-8-7-17-12-18(27)9-10-23(17,4)26(19)22(32-26)13-24(20,25)5/h9-10,12,15-16,19-20,22,29H,6-8,11,13-14H2,1-5H3/t15-,16-,19-,20-,22+,23-,24-,25-,26-/m0/s1. The summed E-state index contributed by atoms with van der Waals surface area (Å²) in [6.07, 6.45) is 8.25. The van der Waals surface area contributed by atoms with Crippen LogP contribution in [0.3, 0.4) is 0 Å². The Hall–Kier alpha value is -1.34. The smallest absolute Gasteiger partial charge is 0.190 e. The van der Waals surface area contributed by atoms with E-state index in [1.54, 1.807) is 19.1 Å². The molecule has 3 saturated carbocycles. The largest absolute Gasteiger partial charge is 0.381 e. The van der Waals surface area contributed by atoms with E-state index in [-0.39, 0.29) is 53.0 Å². The number of hydrogen-bond donors (Lipinski definition) is 1. The fraction of sp³-hybridized carbons (Fsp3) is 0.769. The van der Waals surface area contributed by atoms with Crippen molar-refractivity contribution in [3.8, 4) is 0 Å². The van der Waals surface area contributed by atoms with Crippen molar-refractivity contribution < 1.29 is 28.9 Å². The van der Waals surface area contributed by atoms with Gasteiger partial charge < -0.3 is 19.3 Å². The fourth-order valence-electron chi connectivity index (χ4n) is 8.16. The number of Topliss-reactive ketones (excluding diaryl/α,β-unsaturated/α-hetero) is 1. The van der Waals surface area contributed by atoms with Crippen molar-refractivity contribution in [2.75, 3.05) is 13.2 Å². The Bertz CT molecular complexity index is 908. The van der Waals surface area contributed by atoms with E-state index in [9.17, 15) is 14.7 Å². The third kappa shape index (κ3) is 2.61. The van der Waals surface area contributed by atoms with Gasteiger partial charge in [0, 0.05) is 17.4 Å². The minimum absolute atomic E-state index is 0.0202. The molecule has 0 unspecified atom stereocenters. The minimum Gasteiger partial charge on any atom is -0.381 e. The van der Waals surface area contributed by atoms with Gasteiger partial charge in [-0.2, -0.15) is 0 Å². The normalized spacial score (nSPS) is 49.4. The van der Waals surface area contributed by atoms with Gasteiger partial charge in [0.25, 0.3) is 0 Å². The number of rotatable bonds is 6. The van der Waals surface area contributed by atoms with Crippen LogP contribution < -0.4 is 0 Å². The van der Waals surface area contributed by atoms with Crippen molar-refractivity contribution in [1.29, 1.82) is 0 Å². The van der Waals surface area contributed by atoms with Crippen LogP contribution in [0, 0.1) is 28.6 Å². The highest BCUT2D eigenvalue weighted by Gasteiger charge is 2.81. The van der Waals surface area contributed by atoms with Crippen molar-refractivity contribution in [3.63, 3.8) is 0 Å². The Labute approximate surface area is 190 Å². The van der Waals surface area contributed by atoms with Gasteiger partial charge in [-0.05, 0) is 76.4 Å². The SMILES string of the molecule is CCO[C@H](C)OCC(=O)[C@@]1(O)[C@@H](C)C[C@H]2[C@@H]3CCC4=CC(=O)C=C[C@]4(C)[C@]34O[C@@H]4C[C@@]21C. The van der Waals surface area contributed by atoms with Crippen LogP contribution in [-0.2, 0) is 23.8 Å². The van der Waals surface area contributed by atoms with Crippen LogP contribution in [0.15, 0.2) is 23.8 Å². The Kier molecular flexibility index (Phi) is 4.97. The molecule has 4 aliphatic carbocycles. The molecule has 1 aliphatic heterocycles. The van der Waals surface area contributed by atoms with Crippen LogP contribution in [-0.4, -0.2) is 53.5 Å². The maximum atomic E-state index is 13.4. The van der Waals surface area contributed by atoms with E-state index < -0.39 is 17.3 Å². The van der Waals surface area contributed by atoms with Crippen molar-refractivity contribution in [2.24, 2.45) is 28.6 Å². The van der Waals surface area contributed by atoms with E-state index in [0.29, 0.717) is 13.0 Å². The third-order valence-corrected chi connectivity index (χ3v) is 9.79. The summed E-state index contributed by atoms with van der Waals surface area (Å²) in [4.78, 5) is 25.5. The number of carbonyl (C=O) groups is 2. The molecule has 1 spiro atoms. The van der Waals surface area contributed by atoms with Crippen LogP contribution in [0.25, 0.3) is 0 Å². The molecule has 5 aliphatic rings. The summed E-state index contributed by atoms with van der Waals surface area (Å²) in [6.45, 7) is 10.3. The van der Waals surface area contributed by atoms with Crippen molar-refractivity contribution in [3.05, 3.63) is 23.8 Å². The quantitative estimate of drug-likeness (QED) is 0.499. The summed E-state index contributed by atoms with van der Waals surface area (Å²) in [5.41, 5.74) is -1.46. The summed E-state index contributed by atoms with van der Waals surface area (Å²) in [6, 6.07) is 0. The lowest BCUT2D eigenvalue weighted by Crippen LogP contribution is -2.62. The highest BCUT2D eigenvalue weighted by atomic mass is 16.7. The molecule has 0 aromatic carbocycles. The van der Waals surface area contributed by atoms with Gasteiger partial charge in [-0.15, -0.1) is 0 Å². The van der Waals surface area contributed by atoms with Gasteiger partial charge >= 0.3 is 0 Å². The maximum absolute atomic E-state index is 13.4. The molecule has 6 heteroatoms. The zero-order valence-corrected chi connectivity index (χ0v) is 19.8. The minimum atomic E-state index is -1.45. The van der Waals surface area contributed by atoms with E-state index in [0.717, 1.165) is 19.3 Å². The van der Waals surface area contributed by atoms with Gasteiger partial charge in [0.05, 0.1) is 6.10 Å². The summed E-state index contributed by atoms with van der Waals surface area (Å²) >= 11 is 0.